The SMILES string of the molecule is CCCCCCCCCCc1ccc(OC(=O)C2CCC(C#N)(CCCCCCC)CC2)cn1. The Bertz CT molecular complexity index is 714. The van der Waals surface area contributed by atoms with Gasteiger partial charge in [-0.15, -0.1) is 0 Å². The van der Waals surface area contributed by atoms with E-state index in [0.29, 0.717) is 5.75 Å². The molecule has 1 heterocycles. The lowest BCUT2D eigenvalue weighted by atomic mass is 9.69. The van der Waals surface area contributed by atoms with Gasteiger partial charge in [-0.25, -0.2) is 0 Å². The van der Waals surface area contributed by atoms with Crippen LogP contribution in [0.25, 0.3) is 0 Å². The van der Waals surface area contributed by atoms with E-state index >= 15 is 0 Å². The maximum atomic E-state index is 12.7. The first-order valence-electron chi connectivity index (χ1n) is 14.2. The van der Waals surface area contributed by atoms with Gasteiger partial charge in [-0.3, -0.25) is 9.78 Å². The second-order valence-electron chi connectivity index (χ2n) is 10.5. The zero-order valence-electron chi connectivity index (χ0n) is 22.0. The standard InChI is InChI=1S/C30H48N2O2/c1-3-5-7-9-10-11-12-14-16-27-17-18-28(24-32-27)34-29(33)26-19-22-30(25-31,23-20-26)21-15-13-8-6-4-2/h17-18,24,26H,3-16,19-23H2,1-2H3. The Morgan fingerprint density at radius 1 is 0.941 bits per heavy atom. The van der Waals surface area contributed by atoms with Crippen LogP contribution in [0.2, 0.25) is 0 Å². The van der Waals surface area contributed by atoms with Crippen molar-refractivity contribution >= 4 is 5.97 Å². The third kappa shape index (κ3) is 10.6. The number of aromatic nitrogens is 1. The van der Waals surface area contributed by atoms with Gasteiger partial charge in [0.2, 0.25) is 0 Å². The highest BCUT2D eigenvalue weighted by atomic mass is 16.5. The molecule has 2 rings (SSSR count). The average Bonchev–Trinajstić information content (AvgIpc) is 2.87. The quantitative estimate of drug-likeness (QED) is 0.169. The van der Waals surface area contributed by atoms with E-state index in [2.05, 4.69) is 24.9 Å². The molecule has 1 aromatic rings. The van der Waals surface area contributed by atoms with Crippen LogP contribution in [0.15, 0.2) is 18.3 Å². The van der Waals surface area contributed by atoms with Gasteiger partial charge in [-0.1, -0.05) is 90.9 Å². The average molecular weight is 469 g/mol. The van der Waals surface area contributed by atoms with Crippen LogP contribution >= 0.6 is 0 Å². The number of nitrogens with zero attached hydrogens (tertiary/aromatic N) is 2. The summed E-state index contributed by atoms with van der Waals surface area (Å²) in [5.74, 6) is 0.281. The Morgan fingerprint density at radius 3 is 2.09 bits per heavy atom. The summed E-state index contributed by atoms with van der Waals surface area (Å²) in [7, 11) is 0. The minimum absolute atomic E-state index is 0.0985. The van der Waals surface area contributed by atoms with Crippen molar-refractivity contribution in [3.63, 3.8) is 0 Å². The number of esters is 1. The maximum absolute atomic E-state index is 12.7. The fourth-order valence-corrected chi connectivity index (χ4v) is 5.15. The van der Waals surface area contributed by atoms with E-state index in [-0.39, 0.29) is 17.3 Å². The molecule has 190 valence electrons. The zero-order chi connectivity index (χ0) is 24.5. The van der Waals surface area contributed by atoms with Crippen molar-refractivity contribution < 1.29 is 9.53 Å². The van der Waals surface area contributed by atoms with Crippen LogP contribution in [0.5, 0.6) is 5.75 Å². The summed E-state index contributed by atoms with van der Waals surface area (Å²) in [6.07, 6.45) is 23.4. The number of nitriles is 1. The van der Waals surface area contributed by atoms with Crippen LogP contribution < -0.4 is 4.74 Å². The molecule has 0 aliphatic heterocycles. The van der Waals surface area contributed by atoms with Crippen molar-refractivity contribution in [3.8, 4) is 11.8 Å². The molecule has 0 spiro atoms. The number of unbranched alkanes of at least 4 members (excludes halogenated alkanes) is 11. The maximum Gasteiger partial charge on any atom is 0.314 e. The van der Waals surface area contributed by atoms with Crippen molar-refractivity contribution in [1.82, 2.24) is 4.98 Å². The van der Waals surface area contributed by atoms with Crippen LogP contribution in [-0.2, 0) is 11.2 Å². The lowest BCUT2D eigenvalue weighted by Crippen LogP contribution is -2.31. The second kappa shape index (κ2) is 16.7. The predicted octanol–water partition coefficient (Wildman–Crippen LogP) is 8.73. The van der Waals surface area contributed by atoms with Gasteiger partial charge in [0.15, 0.2) is 0 Å². The van der Waals surface area contributed by atoms with Gasteiger partial charge in [-0.2, -0.15) is 5.26 Å². The van der Waals surface area contributed by atoms with E-state index in [1.807, 2.05) is 12.1 Å². The Kier molecular flexibility index (Phi) is 13.9. The molecular weight excluding hydrogens is 420 g/mol. The lowest BCUT2D eigenvalue weighted by Gasteiger charge is -2.34. The fourth-order valence-electron chi connectivity index (χ4n) is 5.15. The number of pyridine rings is 1. The molecule has 0 unspecified atom stereocenters. The lowest BCUT2D eigenvalue weighted by molar-refractivity contribution is -0.140. The first-order valence-corrected chi connectivity index (χ1v) is 14.2. The summed E-state index contributed by atoms with van der Waals surface area (Å²) in [5.41, 5.74) is 0.836. The van der Waals surface area contributed by atoms with E-state index in [4.69, 9.17) is 4.74 Å². The van der Waals surface area contributed by atoms with Crippen molar-refractivity contribution in [1.29, 1.82) is 5.26 Å². The zero-order valence-corrected chi connectivity index (χ0v) is 22.0. The molecule has 1 aliphatic rings. The minimum atomic E-state index is -0.234. The van der Waals surface area contributed by atoms with E-state index < -0.39 is 0 Å². The number of hydrogen-bond acceptors (Lipinski definition) is 4. The molecule has 0 amide bonds. The topological polar surface area (TPSA) is 63.0 Å². The number of hydrogen-bond donors (Lipinski definition) is 0. The smallest absolute Gasteiger partial charge is 0.314 e. The van der Waals surface area contributed by atoms with Crippen LogP contribution in [0, 0.1) is 22.7 Å². The predicted molar refractivity (Wildman–Crippen MR) is 140 cm³/mol. The molecule has 0 saturated heterocycles. The fraction of sp³-hybridized carbons (Fsp3) is 0.767. The minimum Gasteiger partial charge on any atom is -0.425 e. The van der Waals surface area contributed by atoms with E-state index in [1.165, 1.54) is 77.0 Å². The molecule has 34 heavy (non-hydrogen) atoms. The monoisotopic (exact) mass is 468 g/mol. The van der Waals surface area contributed by atoms with Gasteiger partial charge in [-0.05, 0) is 57.1 Å². The third-order valence-electron chi connectivity index (χ3n) is 7.57. The van der Waals surface area contributed by atoms with Crippen LogP contribution in [0.1, 0.15) is 135 Å². The number of rotatable bonds is 17. The normalized spacial score (nSPS) is 20.1. The number of carbonyl (C=O) groups is 1. The molecule has 1 aliphatic carbocycles. The van der Waals surface area contributed by atoms with Gasteiger partial charge in [0, 0.05) is 5.69 Å². The van der Waals surface area contributed by atoms with Crippen LogP contribution in [-0.4, -0.2) is 11.0 Å². The summed E-state index contributed by atoms with van der Waals surface area (Å²) >= 11 is 0. The third-order valence-corrected chi connectivity index (χ3v) is 7.57. The number of carbonyl (C=O) groups excluding carboxylic acids is 1. The molecular formula is C30H48N2O2. The molecule has 1 fully saturated rings. The van der Waals surface area contributed by atoms with Gasteiger partial charge < -0.3 is 4.74 Å². The highest BCUT2D eigenvalue weighted by molar-refractivity contribution is 5.75. The Morgan fingerprint density at radius 2 is 1.53 bits per heavy atom. The summed E-state index contributed by atoms with van der Waals surface area (Å²) in [6.45, 7) is 4.48. The van der Waals surface area contributed by atoms with Gasteiger partial charge >= 0.3 is 5.97 Å². The Balaban J connectivity index is 1.65. The molecule has 0 aromatic carbocycles. The van der Waals surface area contributed by atoms with Crippen molar-refractivity contribution in [2.45, 2.75) is 136 Å². The molecule has 1 saturated carbocycles. The summed E-state index contributed by atoms with van der Waals surface area (Å²) in [4.78, 5) is 17.2. The molecule has 0 bridgehead atoms. The highest BCUT2D eigenvalue weighted by Crippen LogP contribution is 2.42. The van der Waals surface area contributed by atoms with Crippen molar-refractivity contribution in [2.75, 3.05) is 0 Å². The summed E-state index contributed by atoms with van der Waals surface area (Å²) in [5, 5.41) is 9.79. The molecule has 4 nitrogen and oxygen atoms in total. The number of aryl methyl sites for hydroxylation is 1. The Hall–Kier alpha value is -1.89. The molecule has 0 atom stereocenters. The molecule has 0 radical (unpaired) electrons. The summed E-state index contributed by atoms with van der Waals surface area (Å²) < 4.78 is 5.64. The second-order valence-corrected chi connectivity index (χ2v) is 10.5. The van der Waals surface area contributed by atoms with Crippen LogP contribution in [0.4, 0.5) is 0 Å². The molecule has 1 aromatic heterocycles. The Labute approximate surface area is 208 Å². The summed E-state index contributed by atoms with van der Waals surface area (Å²) in [6, 6.07) is 6.47. The molecule has 4 heteroatoms. The van der Waals surface area contributed by atoms with E-state index in [9.17, 15) is 10.1 Å². The van der Waals surface area contributed by atoms with Crippen molar-refractivity contribution in [2.24, 2.45) is 11.3 Å². The van der Waals surface area contributed by atoms with Gasteiger partial charge in [0.1, 0.15) is 5.75 Å². The van der Waals surface area contributed by atoms with Gasteiger partial charge in [0.25, 0.3) is 0 Å². The number of ether oxygens (including phenoxy) is 1. The first-order chi connectivity index (χ1) is 16.6. The van der Waals surface area contributed by atoms with Gasteiger partial charge in [0.05, 0.1) is 23.6 Å². The molecule has 0 N–H and O–H groups in total. The highest BCUT2D eigenvalue weighted by Gasteiger charge is 2.37. The van der Waals surface area contributed by atoms with Crippen LogP contribution in [0.3, 0.4) is 0 Å². The first kappa shape index (κ1) is 28.3. The van der Waals surface area contributed by atoms with E-state index in [1.54, 1.807) is 6.20 Å². The van der Waals surface area contributed by atoms with E-state index in [0.717, 1.165) is 50.6 Å². The largest absolute Gasteiger partial charge is 0.425 e. The van der Waals surface area contributed by atoms with Crippen molar-refractivity contribution in [3.05, 3.63) is 24.0 Å².